The van der Waals surface area contributed by atoms with E-state index in [-0.39, 0.29) is 23.6 Å². The highest BCUT2D eigenvalue weighted by Crippen LogP contribution is 2.27. The third kappa shape index (κ3) is 7.49. The Bertz CT molecular complexity index is 885. The fraction of sp³-hybridized carbons (Fsp3) is 0.200. The van der Waals surface area contributed by atoms with Crippen molar-refractivity contribution in [3.05, 3.63) is 114 Å². The predicted octanol–water partition coefficient (Wildman–Crippen LogP) is 7.72. The molecular weight excluding hydrogens is 373 g/mol. The summed E-state index contributed by atoms with van der Waals surface area (Å²) in [6, 6.07) is 5.08. The molecule has 29 heavy (non-hydrogen) atoms. The standard InChI is InChI=1S/C25H27F3O/c1-7-9-21-13-15-22(23(26)16-21)14-11-17(3)10-12-18(4)19(5)24(27)25(28)20(6)29-8-2/h7,9-10,12-13,15-16H,3-6,8,11,14H2,1-2H3/b9-7+,12-10-,25-24-. The van der Waals surface area contributed by atoms with E-state index in [1.54, 1.807) is 19.1 Å². The Morgan fingerprint density at radius 2 is 1.76 bits per heavy atom. The summed E-state index contributed by atoms with van der Waals surface area (Å²) >= 11 is 0. The van der Waals surface area contributed by atoms with Crippen LogP contribution in [-0.4, -0.2) is 6.61 Å². The second-order valence-electron chi connectivity index (χ2n) is 6.33. The van der Waals surface area contributed by atoms with Crippen LogP contribution in [0, 0.1) is 5.82 Å². The number of hydrogen-bond donors (Lipinski definition) is 0. The van der Waals surface area contributed by atoms with Crippen LogP contribution < -0.4 is 0 Å². The maximum absolute atomic E-state index is 14.1. The van der Waals surface area contributed by atoms with E-state index in [0.717, 1.165) is 5.56 Å². The van der Waals surface area contributed by atoms with Crippen LogP contribution in [0.15, 0.2) is 96.9 Å². The number of aryl methyl sites for hydroxylation is 1. The topological polar surface area (TPSA) is 9.23 Å². The average Bonchev–Trinajstić information content (AvgIpc) is 2.70. The Morgan fingerprint density at radius 3 is 2.34 bits per heavy atom. The zero-order chi connectivity index (χ0) is 22.0. The molecule has 0 amide bonds. The monoisotopic (exact) mass is 400 g/mol. The number of benzene rings is 1. The van der Waals surface area contributed by atoms with Crippen LogP contribution >= 0.6 is 0 Å². The van der Waals surface area contributed by atoms with E-state index in [1.165, 1.54) is 12.1 Å². The summed E-state index contributed by atoms with van der Waals surface area (Å²) in [4.78, 5) is 0. The molecular formula is C25H27F3O. The lowest BCUT2D eigenvalue weighted by molar-refractivity contribution is 0.224. The number of rotatable bonds is 11. The van der Waals surface area contributed by atoms with Crippen LogP contribution in [0.4, 0.5) is 13.2 Å². The molecule has 1 nitrogen and oxygen atoms in total. The first-order valence-corrected chi connectivity index (χ1v) is 9.24. The van der Waals surface area contributed by atoms with Crippen LogP contribution in [0.5, 0.6) is 0 Å². The molecule has 0 N–H and O–H groups in total. The van der Waals surface area contributed by atoms with Crippen molar-refractivity contribution in [2.75, 3.05) is 6.61 Å². The SMILES string of the molecule is C=C(/C=C\C(=C)C(=C)/C(F)=C(/F)C(=C)OCC)CCc1ccc(/C=C/C)cc1F. The Balaban J connectivity index is 2.70. The summed E-state index contributed by atoms with van der Waals surface area (Å²) in [5.74, 6) is -3.05. The minimum atomic E-state index is -1.21. The van der Waals surface area contributed by atoms with E-state index in [0.29, 0.717) is 24.0 Å². The van der Waals surface area contributed by atoms with Crippen molar-refractivity contribution in [1.29, 1.82) is 0 Å². The molecule has 1 rings (SSSR count). The molecule has 154 valence electrons. The predicted molar refractivity (Wildman–Crippen MR) is 116 cm³/mol. The van der Waals surface area contributed by atoms with E-state index in [9.17, 15) is 13.2 Å². The first kappa shape index (κ1) is 24.0. The number of hydrogen-bond acceptors (Lipinski definition) is 1. The van der Waals surface area contributed by atoms with Gasteiger partial charge < -0.3 is 4.74 Å². The highest BCUT2D eigenvalue weighted by molar-refractivity contribution is 5.50. The second kappa shape index (κ2) is 11.7. The zero-order valence-corrected chi connectivity index (χ0v) is 17.0. The van der Waals surface area contributed by atoms with Gasteiger partial charge in [-0.15, -0.1) is 0 Å². The van der Waals surface area contributed by atoms with Gasteiger partial charge in [-0.1, -0.05) is 68.3 Å². The molecule has 0 aromatic heterocycles. The fourth-order valence-electron chi connectivity index (χ4n) is 2.39. The molecule has 0 heterocycles. The van der Waals surface area contributed by atoms with Crippen LogP contribution in [0.3, 0.4) is 0 Å². The van der Waals surface area contributed by atoms with Crippen molar-refractivity contribution in [3.63, 3.8) is 0 Å². The van der Waals surface area contributed by atoms with Crippen molar-refractivity contribution in [2.24, 2.45) is 0 Å². The molecule has 0 saturated carbocycles. The largest absolute Gasteiger partial charge is 0.491 e. The van der Waals surface area contributed by atoms with Gasteiger partial charge in [0.1, 0.15) is 5.82 Å². The van der Waals surface area contributed by atoms with E-state index in [4.69, 9.17) is 4.74 Å². The van der Waals surface area contributed by atoms with Crippen molar-refractivity contribution in [3.8, 4) is 0 Å². The molecule has 1 aromatic carbocycles. The lowest BCUT2D eigenvalue weighted by Gasteiger charge is -2.08. The summed E-state index contributed by atoms with van der Waals surface area (Å²) in [5, 5.41) is 0. The van der Waals surface area contributed by atoms with E-state index >= 15 is 0 Å². The number of ether oxygens (including phenoxy) is 1. The molecule has 0 aliphatic heterocycles. The molecule has 1 aromatic rings. The van der Waals surface area contributed by atoms with Crippen molar-refractivity contribution < 1.29 is 17.9 Å². The van der Waals surface area contributed by atoms with Gasteiger partial charge >= 0.3 is 0 Å². The first-order valence-electron chi connectivity index (χ1n) is 9.24. The fourth-order valence-corrected chi connectivity index (χ4v) is 2.39. The quantitative estimate of drug-likeness (QED) is 0.273. The van der Waals surface area contributed by atoms with Gasteiger partial charge in [0, 0.05) is 5.57 Å². The van der Waals surface area contributed by atoms with Gasteiger partial charge in [0.15, 0.2) is 11.6 Å². The summed E-state index contributed by atoms with van der Waals surface area (Å²) in [6.07, 6.45) is 7.76. The highest BCUT2D eigenvalue weighted by Gasteiger charge is 2.15. The Kier molecular flexibility index (Phi) is 9.73. The molecule has 0 bridgehead atoms. The first-order chi connectivity index (χ1) is 13.7. The van der Waals surface area contributed by atoms with Gasteiger partial charge in [0.05, 0.1) is 6.61 Å². The van der Waals surface area contributed by atoms with Crippen molar-refractivity contribution >= 4 is 6.08 Å². The molecule has 0 aliphatic carbocycles. The highest BCUT2D eigenvalue weighted by atomic mass is 19.2. The average molecular weight is 400 g/mol. The summed E-state index contributed by atoms with van der Waals surface area (Å²) in [6.45, 7) is 18.1. The van der Waals surface area contributed by atoms with Gasteiger partial charge in [-0.3, -0.25) is 0 Å². The third-order valence-electron chi connectivity index (χ3n) is 4.08. The van der Waals surface area contributed by atoms with Crippen molar-refractivity contribution in [1.82, 2.24) is 0 Å². The lowest BCUT2D eigenvalue weighted by Crippen LogP contribution is -1.95. The molecule has 0 fully saturated rings. The van der Waals surface area contributed by atoms with E-state index in [2.05, 4.69) is 26.3 Å². The van der Waals surface area contributed by atoms with Crippen LogP contribution in [0.25, 0.3) is 6.08 Å². The minimum Gasteiger partial charge on any atom is -0.491 e. The zero-order valence-electron chi connectivity index (χ0n) is 17.0. The minimum absolute atomic E-state index is 0.172. The van der Waals surface area contributed by atoms with Gasteiger partial charge in [-0.2, -0.15) is 4.39 Å². The summed E-state index contributed by atoms with van der Waals surface area (Å²) in [7, 11) is 0. The maximum Gasteiger partial charge on any atom is 0.200 e. The molecule has 0 spiro atoms. The molecule has 0 radical (unpaired) electrons. The number of allylic oxidation sites excluding steroid dienone is 8. The third-order valence-corrected chi connectivity index (χ3v) is 4.08. The molecule has 4 heteroatoms. The lowest BCUT2D eigenvalue weighted by atomic mass is 10.0. The normalized spacial score (nSPS) is 12.2. The van der Waals surface area contributed by atoms with Crippen LogP contribution in [0.2, 0.25) is 0 Å². The maximum atomic E-state index is 14.1. The van der Waals surface area contributed by atoms with E-state index < -0.39 is 17.4 Å². The Hall–Kier alpha value is -3.01. The summed E-state index contributed by atoms with van der Waals surface area (Å²) < 4.78 is 47.0. The molecule has 0 aliphatic rings. The van der Waals surface area contributed by atoms with Gasteiger partial charge in [0.2, 0.25) is 5.83 Å². The van der Waals surface area contributed by atoms with Gasteiger partial charge in [-0.25, -0.2) is 8.78 Å². The Labute approximate surface area is 171 Å². The van der Waals surface area contributed by atoms with Crippen LogP contribution in [-0.2, 0) is 11.2 Å². The summed E-state index contributed by atoms with van der Waals surface area (Å²) in [5.41, 5.74) is 2.06. The molecule has 0 saturated heterocycles. The van der Waals surface area contributed by atoms with Crippen LogP contribution in [0.1, 0.15) is 31.4 Å². The van der Waals surface area contributed by atoms with E-state index in [1.807, 2.05) is 25.1 Å². The number of halogens is 3. The van der Waals surface area contributed by atoms with Crippen molar-refractivity contribution in [2.45, 2.75) is 26.7 Å². The Morgan fingerprint density at radius 1 is 1.07 bits per heavy atom. The van der Waals surface area contributed by atoms with Gasteiger partial charge in [-0.05, 0) is 49.5 Å². The van der Waals surface area contributed by atoms with Gasteiger partial charge in [0.25, 0.3) is 0 Å². The smallest absolute Gasteiger partial charge is 0.200 e. The second-order valence-corrected chi connectivity index (χ2v) is 6.33. The molecule has 0 unspecified atom stereocenters. The molecule has 0 atom stereocenters.